The number of carbonyl (C=O) groups excluding carboxylic acids is 1. The number of nitrogens with two attached hydrogens (primary N) is 1. The first-order valence-corrected chi connectivity index (χ1v) is 4.97. The first kappa shape index (κ1) is 11.5. The van der Waals surface area contributed by atoms with Gasteiger partial charge in [-0.1, -0.05) is 19.1 Å². The summed E-state index contributed by atoms with van der Waals surface area (Å²) in [7, 11) is 0. The molecule has 0 radical (unpaired) electrons. The average molecular weight is 208 g/mol. The second kappa shape index (κ2) is 5.36. The van der Waals surface area contributed by atoms with Gasteiger partial charge < -0.3 is 16.2 Å². The van der Waals surface area contributed by atoms with Gasteiger partial charge in [-0.2, -0.15) is 0 Å². The van der Waals surface area contributed by atoms with Crippen molar-refractivity contribution in [2.75, 3.05) is 5.32 Å². The lowest BCUT2D eigenvalue weighted by molar-refractivity contribution is -0.116. The Labute approximate surface area is 89.1 Å². The fourth-order valence-electron chi connectivity index (χ4n) is 1.16. The number of hydrogen-bond donors (Lipinski definition) is 3. The molecule has 1 atom stereocenters. The summed E-state index contributed by atoms with van der Waals surface area (Å²) in [6, 6.07) is 6.48. The second-order valence-corrected chi connectivity index (χ2v) is 3.44. The van der Waals surface area contributed by atoms with Gasteiger partial charge in [-0.3, -0.25) is 4.79 Å². The summed E-state index contributed by atoms with van der Waals surface area (Å²) in [5.74, 6) is -0.109. The van der Waals surface area contributed by atoms with E-state index in [0.29, 0.717) is 5.69 Å². The molecule has 4 nitrogen and oxygen atoms in total. The predicted octanol–water partition coefficient (Wildman–Crippen LogP) is 1.46. The van der Waals surface area contributed by atoms with Crippen LogP contribution >= 0.6 is 0 Å². The molecular weight excluding hydrogens is 192 g/mol. The number of benzene rings is 1. The van der Waals surface area contributed by atoms with E-state index in [9.17, 15) is 9.90 Å². The highest BCUT2D eigenvalue weighted by atomic mass is 16.3. The fourth-order valence-corrected chi connectivity index (χ4v) is 1.16. The van der Waals surface area contributed by atoms with E-state index in [0.717, 1.165) is 6.42 Å². The van der Waals surface area contributed by atoms with Gasteiger partial charge in [0.05, 0.1) is 5.69 Å². The molecule has 1 rings (SSSR count). The molecule has 4 N–H and O–H groups in total. The largest absolute Gasteiger partial charge is 0.506 e. The molecule has 1 amide bonds. The van der Waals surface area contributed by atoms with Crippen LogP contribution in [-0.4, -0.2) is 17.1 Å². The summed E-state index contributed by atoms with van der Waals surface area (Å²) in [5.41, 5.74) is 6.06. The van der Waals surface area contributed by atoms with E-state index < -0.39 is 0 Å². The first-order valence-electron chi connectivity index (χ1n) is 4.97. The minimum Gasteiger partial charge on any atom is -0.506 e. The Hall–Kier alpha value is -1.55. The molecule has 0 heterocycles. The van der Waals surface area contributed by atoms with Crippen molar-refractivity contribution in [3.8, 4) is 5.75 Å². The van der Waals surface area contributed by atoms with Crippen molar-refractivity contribution < 1.29 is 9.90 Å². The number of phenolic OH excluding ortho intramolecular Hbond substituents is 1. The molecule has 0 aliphatic carbocycles. The number of carbonyl (C=O) groups is 1. The molecule has 15 heavy (non-hydrogen) atoms. The number of anilines is 1. The van der Waals surface area contributed by atoms with Crippen LogP contribution < -0.4 is 11.1 Å². The van der Waals surface area contributed by atoms with E-state index in [-0.39, 0.29) is 24.1 Å². The summed E-state index contributed by atoms with van der Waals surface area (Å²) in [5, 5.41) is 12.0. The number of nitrogens with one attached hydrogen (secondary N) is 1. The predicted molar refractivity (Wildman–Crippen MR) is 59.6 cm³/mol. The molecule has 0 aliphatic heterocycles. The molecule has 0 aromatic heterocycles. The zero-order chi connectivity index (χ0) is 11.3. The first-order chi connectivity index (χ1) is 7.13. The van der Waals surface area contributed by atoms with Crippen molar-refractivity contribution in [3.63, 3.8) is 0 Å². The van der Waals surface area contributed by atoms with Crippen LogP contribution in [0.1, 0.15) is 19.8 Å². The number of rotatable bonds is 4. The second-order valence-electron chi connectivity index (χ2n) is 3.44. The van der Waals surface area contributed by atoms with Gasteiger partial charge in [0.25, 0.3) is 0 Å². The highest BCUT2D eigenvalue weighted by molar-refractivity contribution is 5.92. The number of para-hydroxylation sites is 2. The summed E-state index contributed by atoms with van der Waals surface area (Å²) in [6.45, 7) is 1.93. The van der Waals surface area contributed by atoms with Gasteiger partial charge in [0, 0.05) is 12.5 Å². The van der Waals surface area contributed by atoms with Crippen molar-refractivity contribution in [3.05, 3.63) is 24.3 Å². The molecule has 1 aromatic carbocycles. The van der Waals surface area contributed by atoms with Gasteiger partial charge in [-0.05, 0) is 18.6 Å². The normalized spacial score (nSPS) is 12.1. The van der Waals surface area contributed by atoms with Crippen LogP contribution in [0.15, 0.2) is 24.3 Å². The van der Waals surface area contributed by atoms with Crippen LogP contribution in [-0.2, 0) is 4.79 Å². The Morgan fingerprint density at radius 3 is 2.80 bits per heavy atom. The van der Waals surface area contributed by atoms with E-state index in [2.05, 4.69) is 5.32 Å². The number of phenols is 1. The molecule has 0 aliphatic rings. The van der Waals surface area contributed by atoms with Crippen molar-refractivity contribution in [1.82, 2.24) is 0 Å². The maximum Gasteiger partial charge on any atom is 0.226 e. The van der Waals surface area contributed by atoms with Crippen LogP contribution in [0, 0.1) is 0 Å². The van der Waals surface area contributed by atoms with Crippen molar-refractivity contribution in [1.29, 1.82) is 0 Å². The number of amides is 1. The van der Waals surface area contributed by atoms with Crippen molar-refractivity contribution >= 4 is 11.6 Å². The number of hydrogen-bond acceptors (Lipinski definition) is 3. The van der Waals surface area contributed by atoms with E-state index in [1.54, 1.807) is 18.2 Å². The summed E-state index contributed by atoms with van der Waals surface area (Å²) < 4.78 is 0. The zero-order valence-electron chi connectivity index (χ0n) is 8.73. The Morgan fingerprint density at radius 2 is 2.20 bits per heavy atom. The lowest BCUT2D eigenvalue weighted by atomic mass is 10.1. The standard InChI is InChI=1S/C11H16N2O2/c1-2-8(12)7-11(15)13-9-5-3-4-6-10(9)14/h3-6,8,14H,2,7,12H2,1H3,(H,13,15). The fraction of sp³-hybridized carbons (Fsp3) is 0.364. The van der Waals surface area contributed by atoms with E-state index in [1.165, 1.54) is 6.07 Å². The van der Waals surface area contributed by atoms with E-state index in [4.69, 9.17) is 5.73 Å². The molecular formula is C11H16N2O2. The Balaban J connectivity index is 2.55. The van der Waals surface area contributed by atoms with Gasteiger partial charge in [-0.15, -0.1) is 0 Å². The lowest BCUT2D eigenvalue weighted by Crippen LogP contribution is -2.26. The summed E-state index contributed by atoms with van der Waals surface area (Å²) in [4.78, 5) is 11.4. The molecule has 1 unspecified atom stereocenters. The third kappa shape index (κ3) is 3.59. The monoisotopic (exact) mass is 208 g/mol. The van der Waals surface area contributed by atoms with Crippen molar-refractivity contribution in [2.45, 2.75) is 25.8 Å². The molecule has 0 bridgehead atoms. The minimum atomic E-state index is -0.175. The van der Waals surface area contributed by atoms with Crippen LogP contribution in [0.3, 0.4) is 0 Å². The van der Waals surface area contributed by atoms with Crippen LogP contribution in [0.25, 0.3) is 0 Å². The highest BCUT2D eigenvalue weighted by Gasteiger charge is 2.09. The van der Waals surface area contributed by atoms with Crippen LogP contribution in [0.5, 0.6) is 5.75 Å². The number of aromatic hydroxyl groups is 1. The molecule has 0 spiro atoms. The van der Waals surface area contributed by atoms with E-state index >= 15 is 0 Å². The molecule has 0 saturated carbocycles. The third-order valence-electron chi connectivity index (χ3n) is 2.15. The van der Waals surface area contributed by atoms with Gasteiger partial charge in [0.15, 0.2) is 0 Å². The lowest BCUT2D eigenvalue weighted by Gasteiger charge is -2.10. The molecule has 0 saturated heterocycles. The Bertz CT molecular complexity index is 339. The SMILES string of the molecule is CCC(N)CC(=O)Nc1ccccc1O. The maximum absolute atomic E-state index is 11.4. The van der Waals surface area contributed by atoms with Gasteiger partial charge >= 0.3 is 0 Å². The van der Waals surface area contributed by atoms with Crippen LogP contribution in [0.4, 0.5) is 5.69 Å². The molecule has 0 fully saturated rings. The summed E-state index contributed by atoms with van der Waals surface area (Å²) >= 11 is 0. The molecule has 1 aromatic rings. The highest BCUT2D eigenvalue weighted by Crippen LogP contribution is 2.21. The zero-order valence-corrected chi connectivity index (χ0v) is 8.73. The topological polar surface area (TPSA) is 75.4 Å². The smallest absolute Gasteiger partial charge is 0.226 e. The van der Waals surface area contributed by atoms with Gasteiger partial charge in [0.1, 0.15) is 5.75 Å². The van der Waals surface area contributed by atoms with Crippen molar-refractivity contribution in [2.24, 2.45) is 5.73 Å². The Morgan fingerprint density at radius 1 is 1.53 bits per heavy atom. The molecule has 82 valence electrons. The average Bonchev–Trinajstić information content (AvgIpc) is 2.21. The Kier molecular flexibility index (Phi) is 4.12. The minimum absolute atomic E-state index is 0.0657. The van der Waals surface area contributed by atoms with E-state index in [1.807, 2.05) is 6.92 Å². The maximum atomic E-state index is 11.4. The van der Waals surface area contributed by atoms with Crippen LogP contribution in [0.2, 0.25) is 0 Å². The quantitative estimate of drug-likeness (QED) is 0.656. The van der Waals surface area contributed by atoms with Gasteiger partial charge in [0.2, 0.25) is 5.91 Å². The summed E-state index contributed by atoms with van der Waals surface area (Å²) in [6.07, 6.45) is 1.03. The third-order valence-corrected chi connectivity index (χ3v) is 2.15. The molecule has 4 heteroatoms. The van der Waals surface area contributed by atoms with Gasteiger partial charge in [-0.25, -0.2) is 0 Å².